The third-order valence-electron chi connectivity index (χ3n) is 2.68. The summed E-state index contributed by atoms with van der Waals surface area (Å²) in [4.78, 5) is 12.9. The molecule has 0 unspecified atom stereocenters. The van der Waals surface area contributed by atoms with Crippen molar-refractivity contribution in [2.24, 2.45) is 0 Å². The lowest BCUT2D eigenvalue weighted by Gasteiger charge is -2.16. The molecular formula is C13H16N2O2. The molecule has 0 aliphatic carbocycles. The summed E-state index contributed by atoms with van der Waals surface area (Å²) in [6.45, 7) is 5.78. The van der Waals surface area contributed by atoms with Gasteiger partial charge in [0, 0.05) is 7.05 Å². The second-order valence-corrected chi connectivity index (χ2v) is 4.04. The fourth-order valence-electron chi connectivity index (χ4n) is 1.42. The maximum absolute atomic E-state index is 11.7. The molecule has 0 saturated heterocycles. The molecule has 0 bridgehead atoms. The normalized spacial score (nSPS) is 9.59. The summed E-state index contributed by atoms with van der Waals surface area (Å²) in [7, 11) is 1.53. The van der Waals surface area contributed by atoms with Crippen molar-refractivity contribution in [2.75, 3.05) is 13.6 Å². The topological polar surface area (TPSA) is 53.3 Å². The first-order chi connectivity index (χ1) is 7.97. The van der Waals surface area contributed by atoms with Crippen LogP contribution in [-0.4, -0.2) is 24.6 Å². The maximum Gasteiger partial charge on any atom is 0.415 e. The van der Waals surface area contributed by atoms with Gasteiger partial charge in [-0.25, -0.2) is 4.79 Å². The number of aryl methyl sites for hydroxylation is 2. The molecule has 1 aromatic carbocycles. The van der Waals surface area contributed by atoms with Crippen molar-refractivity contribution >= 4 is 6.09 Å². The largest absolute Gasteiger partial charge is 0.415 e. The average molecular weight is 232 g/mol. The number of benzene rings is 1. The summed E-state index contributed by atoms with van der Waals surface area (Å²) < 4.78 is 5.31. The van der Waals surface area contributed by atoms with Crippen LogP contribution >= 0.6 is 0 Å². The number of nitriles is 1. The molecule has 0 fully saturated rings. The molecule has 0 atom stereocenters. The van der Waals surface area contributed by atoms with Gasteiger partial charge in [-0.2, -0.15) is 5.26 Å². The van der Waals surface area contributed by atoms with Gasteiger partial charge in [0.25, 0.3) is 0 Å². The van der Waals surface area contributed by atoms with E-state index < -0.39 is 6.09 Å². The molecule has 1 rings (SSSR count). The predicted octanol–water partition coefficient (Wildman–Crippen LogP) is 2.57. The predicted molar refractivity (Wildman–Crippen MR) is 64.9 cm³/mol. The van der Waals surface area contributed by atoms with Crippen LogP contribution in [0.25, 0.3) is 0 Å². The Balaban J connectivity index is 2.93. The van der Waals surface area contributed by atoms with Gasteiger partial charge in [-0.05, 0) is 37.5 Å². The standard InChI is InChI=1S/C13H16N2O2/c1-9-5-6-10(2)12(11(9)3)17-13(16)15(4)8-7-14/h5-6H,8H2,1-4H3. The third-order valence-corrected chi connectivity index (χ3v) is 2.68. The number of hydrogen-bond acceptors (Lipinski definition) is 3. The number of ether oxygens (including phenoxy) is 1. The lowest BCUT2D eigenvalue weighted by atomic mass is 10.1. The molecule has 0 radical (unpaired) electrons. The van der Waals surface area contributed by atoms with Crippen LogP contribution < -0.4 is 4.74 Å². The summed E-state index contributed by atoms with van der Waals surface area (Å²) in [5, 5.41) is 8.51. The first-order valence-electron chi connectivity index (χ1n) is 5.34. The molecule has 0 saturated carbocycles. The Morgan fingerprint density at radius 1 is 1.35 bits per heavy atom. The van der Waals surface area contributed by atoms with Crippen LogP contribution in [0, 0.1) is 32.1 Å². The van der Waals surface area contributed by atoms with Crippen LogP contribution in [0.3, 0.4) is 0 Å². The Bertz CT molecular complexity index is 475. The van der Waals surface area contributed by atoms with Gasteiger partial charge in [0.05, 0.1) is 6.07 Å². The minimum Gasteiger partial charge on any atom is -0.410 e. The number of nitrogens with zero attached hydrogens (tertiary/aromatic N) is 2. The average Bonchev–Trinajstić information content (AvgIpc) is 2.29. The van der Waals surface area contributed by atoms with Gasteiger partial charge >= 0.3 is 6.09 Å². The first-order valence-corrected chi connectivity index (χ1v) is 5.34. The van der Waals surface area contributed by atoms with Crippen molar-refractivity contribution in [2.45, 2.75) is 20.8 Å². The van der Waals surface area contributed by atoms with Crippen molar-refractivity contribution in [1.82, 2.24) is 4.90 Å². The van der Waals surface area contributed by atoms with Gasteiger partial charge in [0.2, 0.25) is 0 Å². The monoisotopic (exact) mass is 232 g/mol. The van der Waals surface area contributed by atoms with E-state index in [9.17, 15) is 4.79 Å². The third kappa shape index (κ3) is 2.97. The second kappa shape index (κ2) is 5.35. The summed E-state index contributed by atoms with van der Waals surface area (Å²) in [5.74, 6) is 0.583. The molecule has 90 valence electrons. The second-order valence-electron chi connectivity index (χ2n) is 4.04. The highest BCUT2D eigenvalue weighted by Gasteiger charge is 2.14. The molecule has 0 N–H and O–H groups in total. The quantitative estimate of drug-likeness (QED) is 0.736. The van der Waals surface area contributed by atoms with Crippen LogP contribution in [0.15, 0.2) is 12.1 Å². The van der Waals surface area contributed by atoms with Crippen molar-refractivity contribution in [1.29, 1.82) is 5.26 Å². The van der Waals surface area contributed by atoms with E-state index in [2.05, 4.69) is 0 Å². The van der Waals surface area contributed by atoms with Crippen molar-refractivity contribution in [3.05, 3.63) is 28.8 Å². The van der Waals surface area contributed by atoms with Crippen LogP contribution in [0.5, 0.6) is 5.75 Å². The Hall–Kier alpha value is -2.02. The van der Waals surface area contributed by atoms with E-state index >= 15 is 0 Å². The molecule has 4 heteroatoms. The SMILES string of the molecule is Cc1ccc(C)c(OC(=O)N(C)CC#N)c1C. The molecule has 1 aromatic rings. The van der Waals surface area contributed by atoms with Gasteiger partial charge in [0.15, 0.2) is 0 Å². The molecule has 1 amide bonds. The number of carbonyl (C=O) groups is 1. The fourth-order valence-corrected chi connectivity index (χ4v) is 1.42. The number of amides is 1. The molecule has 0 aromatic heterocycles. The Morgan fingerprint density at radius 3 is 2.53 bits per heavy atom. The van der Waals surface area contributed by atoms with E-state index in [1.54, 1.807) is 0 Å². The highest BCUT2D eigenvalue weighted by Crippen LogP contribution is 2.26. The zero-order valence-corrected chi connectivity index (χ0v) is 10.6. The Kier molecular flexibility index (Phi) is 4.11. The minimum absolute atomic E-state index is 0.0166. The lowest BCUT2D eigenvalue weighted by molar-refractivity contribution is 0.167. The fraction of sp³-hybridized carbons (Fsp3) is 0.385. The summed E-state index contributed by atoms with van der Waals surface area (Å²) in [5.41, 5.74) is 2.93. The molecule has 0 heterocycles. The minimum atomic E-state index is -0.511. The van der Waals surface area contributed by atoms with Crippen molar-refractivity contribution in [3.63, 3.8) is 0 Å². The van der Waals surface area contributed by atoms with E-state index in [0.29, 0.717) is 5.75 Å². The van der Waals surface area contributed by atoms with E-state index in [1.807, 2.05) is 39.0 Å². The zero-order valence-electron chi connectivity index (χ0n) is 10.6. The first kappa shape index (κ1) is 13.0. The van der Waals surface area contributed by atoms with Crippen LogP contribution in [0.2, 0.25) is 0 Å². The van der Waals surface area contributed by atoms with E-state index in [0.717, 1.165) is 16.7 Å². The summed E-state index contributed by atoms with van der Waals surface area (Å²) in [6, 6.07) is 5.80. The zero-order chi connectivity index (χ0) is 13.0. The molecular weight excluding hydrogens is 216 g/mol. The van der Waals surface area contributed by atoms with Gasteiger partial charge in [-0.3, -0.25) is 4.90 Å². The van der Waals surface area contributed by atoms with Crippen LogP contribution in [-0.2, 0) is 0 Å². The van der Waals surface area contributed by atoms with Crippen LogP contribution in [0.1, 0.15) is 16.7 Å². The van der Waals surface area contributed by atoms with Gasteiger partial charge < -0.3 is 4.74 Å². The maximum atomic E-state index is 11.7. The number of hydrogen-bond donors (Lipinski definition) is 0. The van der Waals surface area contributed by atoms with E-state index in [-0.39, 0.29) is 6.54 Å². The summed E-state index contributed by atoms with van der Waals surface area (Å²) in [6.07, 6.45) is -0.511. The highest BCUT2D eigenvalue weighted by molar-refractivity contribution is 5.71. The van der Waals surface area contributed by atoms with Gasteiger partial charge in [-0.15, -0.1) is 0 Å². The van der Waals surface area contributed by atoms with Crippen LogP contribution in [0.4, 0.5) is 4.79 Å². The van der Waals surface area contributed by atoms with Gasteiger partial charge in [-0.1, -0.05) is 12.1 Å². The van der Waals surface area contributed by atoms with E-state index in [4.69, 9.17) is 10.00 Å². The number of carbonyl (C=O) groups excluding carboxylic acids is 1. The smallest absolute Gasteiger partial charge is 0.410 e. The molecule has 0 spiro atoms. The summed E-state index contributed by atoms with van der Waals surface area (Å²) >= 11 is 0. The molecule has 0 aliphatic rings. The van der Waals surface area contributed by atoms with E-state index in [1.165, 1.54) is 11.9 Å². The Morgan fingerprint density at radius 2 is 1.94 bits per heavy atom. The molecule has 17 heavy (non-hydrogen) atoms. The number of rotatable bonds is 2. The van der Waals surface area contributed by atoms with Gasteiger partial charge in [0.1, 0.15) is 12.3 Å². The molecule has 0 aliphatic heterocycles. The highest BCUT2D eigenvalue weighted by atomic mass is 16.6. The Labute approximate surface area is 101 Å². The van der Waals surface area contributed by atoms with Crippen molar-refractivity contribution < 1.29 is 9.53 Å². The lowest BCUT2D eigenvalue weighted by Crippen LogP contribution is -2.30. The molecule has 4 nitrogen and oxygen atoms in total. The van der Waals surface area contributed by atoms with Crippen molar-refractivity contribution in [3.8, 4) is 11.8 Å².